The van der Waals surface area contributed by atoms with E-state index in [0.717, 1.165) is 5.56 Å². The molecular weight excluding hydrogens is 220 g/mol. The molecule has 0 saturated heterocycles. The van der Waals surface area contributed by atoms with E-state index in [9.17, 15) is 0 Å². The van der Waals surface area contributed by atoms with Crippen LogP contribution in [0.3, 0.4) is 0 Å². The Bertz CT molecular complexity index is 254. The Balaban J connectivity index is 0.00000121. The summed E-state index contributed by atoms with van der Waals surface area (Å²) in [6.45, 7) is 0.277. The third kappa shape index (κ3) is 3.17. The lowest BCUT2D eigenvalue weighted by Gasteiger charge is -2.01. The van der Waals surface area contributed by atoms with Gasteiger partial charge in [-0.2, -0.15) is 0 Å². The molecule has 1 aromatic rings. The Kier molecular flexibility index (Phi) is 5.63. The smallest absolute Gasteiger partial charge is 0.0944 e. The first-order valence-corrected chi connectivity index (χ1v) is 3.75. The lowest BCUT2D eigenvalue weighted by Crippen LogP contribution is -1.99. The van der Waals surface area contributed by atoms with Crippen LogP contribution in [-0.2, 0) is 11.4 Å². The predicted octanol–water partition coefficient (Wildman–Crippen LogP) is 2.81. The van der Waals surface area contributed by atoms with Crippen LogP contribution < -0.4 is 5.90 Å². The average Bonchev–Trinajstić information content (AvgIpc) is 1.98. The summed E-state index contributed by atoms with van der Waals surface area (Å²) < 4.78 is 0. The molecule has 0 aliphatic carbocycles. The molecule has 0 aliphatic rings. The third-order valence-electron chi connectivity index (χ3n) is 1.25. The quantitative estimate of drug-likeness (QED) is 0.790. The normalized spacial score (nSPS) is 9.25. The highest BCUT2D eigenvalue weighted by atomic mass is 35.5. The molecule has 0 bridgehead atoms. The lowest BCUT2D eigenvalue weighted by molar-refractivity contribution is 0.124. The van der Waals surface area contributed by atoms with Crippen molar-refractivity contribution in [1.82, 2.24) is 0 Å². The second-order valence-corrected chi connectivity index (χ2v) is 2.89. The molecule has 1 rings (SSSR count). The third-order valence-corrected chi connectivity index (χ3v) is 1.85. The van der Waals surface area contributed by atoms with Gasteiger partial charge in [0, 0.05) is 10.0 Å². The van der Waals surface area contributed by atoms with Gasteiger partial charge >= 0.3 is 0 Å². The minimum Gasteiger partial charge on any atom is -0.300 e. The van der Waals surface area contributed by atoms with Crippen LogP contribution in [-0.4, -0.2) is 0 Å². The number of rotatable bonds is 2. The van der Waals surface area contributed by atoms with Gasteiger partial charge in [0.2, 0.25) is 0 Å². The molecule has 2 nitrogen and oxygen atoms in total. The standard InChI is InChI=1S/C7H7Cl2NO.ClH/c8-6-1-2-7(9)5(3-6)4-11-10;/h1-3H,4,10H2;1H. The summed E-state index contributed by atoms with van der Waals surface area (Å²) >= 11 is 11.5. The number of hydrogen-bond donors (Lipinski definition) is 1. The van der Waals surface area contributed by atoms with Crippen LogP contribution in [0.1, 0.15) is 5.56 Å². The maximum atomic E-state index is 5.78. The summed E-state index contributed by atoms with van der Waals surface area (Å²) in [7, 11) is 0. The van der Waals surface area contributed by atoms with Crippen molar-refractivity contribution in [3.63, 3.8) is 0 Å². The topological polar surface area (TPSA) is 35.2 Å². The van der Waals surface area contributed by atoms with Gasteiger partial charge in [-0.15, -0.1) is 12.4 Å². The van der Waals surface area contributed by atoms with Gasteiger partial charge in [-0.25, -0.2) is 5.90 Å². The van der Waals surface area contributed by atoms with E-state index in [1.54, 1.807) is 18.2 Å². The van der Waals surface area contributed by atoms with Gasteiger partial charge in [0.05, 0.1) is 6.61 Å². The van der Waals surface area contributed by atoms with E-state index in [1.807, 2.05) is 0 Å². The Hall–Kier alpha value is 0.01000. The zero-order valence-electron chi connectivity index (χ0n) is 6.09. The van der Waals surface area contributed by atoms with Crippen LogP contribution in [0.25, 0.3) is 0 Å². The second kappa shape index (κ2) is 5.62. The van der Waals surface area contributed by atoms with E-state index in [2.05, 4.69) is 4.84 Å². The molecule has 0 heterocycles. The van der Waals surface area contributed by atoms with Crippen molar-refractivity contribution in [3.05, 3.63) is 33.8 Å². The summed E-state index contributed by atoms with van der Waals surface area (Å²) in [6.07, 6.45) is 0. The second-order valence-electron chi connectivity index (χ2n) is 2.05. The average molecular weight is 229 g/mol. The summed E-state index contributed by atoms with van der Waals surface area (Å²) in [5, 5.41) is 1.24. The fourth-order valence-corrected chi connectivity index (χ4v) is 1.11. The van der Waals surface area contributed by atoms with E-state index in [1.165, 1.54) is 0 Å². The highest BCUT2D eigenvalue weighted by Crippen LogP contribution is 2.20. The van der Waals surface area contributed by atoms with Crippen LogP contribution in [0.2, 0.25) is 10.0 Å². The highest BCUT2D eigenvalue weighted by Gasteiger charge is 1.99. The van der Waals surface area contributed by atoms with E-state index in [4.69, 9.17) is 29.1 Å². The molecule has 0 spiro atoms. The molecule has 2 N–H and O–H groups in total. The minimum absolute atomic E-state index is 0. The number of hydrogen-bond acceptors (Lipinski definition) is 2. The zero-order valence-corrected chi connectivity index (χ0v) is 8.42. The minimum atomic E-state index is 0. The lowest BCUT2D eigenvalue weighted by atomic mass is 10.2. The van der Waals surface area contributed by atoms with Gasteiger partial charge in [-0.05, 0) is 23.8 Å². The van der Waals surface area contributed by atoms with Crippen LogP contribution in [0.5, 0.6) is 0 Å². The Morgan fingerprint density at radius 1 is 1.33 bits per heavy atom. The predicted molar refractivity (Wildman–Crippen MR) is 52.7 cm³/mol. The largest absolute Gasteiger partial charge is 0.300 e. The molecule has 0 fully saturated rings. The van der Waals surface area contributed by atoms with Gasteiger partial charge in [-0.1, -0.05) is 23.2 Å². The fraction of sp³-hybridized carbons (Fsp3) is 0.143. The first-order chi connectivity index (χ1) is 5.24. The van der Waals surface area contributed by atoms with Crippen molar-refractivity contribution in [3.8, 4) is 0 Å². The van der Waals surface area contributed by atoms with Crippen molar-refractivity contribution in [2.24, 2.45) is 5.90 Å². The number of nitrogens with two attached hydrogens (primary N) is 1. The molecule has 0 aliphatic heterocycles. The molecule has 0 saturated carbocycles. The number of halogens is 3. The molecule has 0 aromatic heterocycles. The summed E-state index contributed by atoms with van der Waals surface area (Å²) in [5.74, 6) is 4.88. The first-order valence-electron chi connectivity index (χ1n) is 2.99. The number of benzene rings is 1. The maximum absolute atomic E-state index is 5.78. The van der Waals surface area contributed by atoms with Crippen LogP contribution in [0, 0.1) is 0 Å². The molecule has 5 heteroatoms. The highest BCUT2D eigenvalue weighted by molar-refractivity contribution is 6.33. The van der Waals surface area contributed by atoms with Crippen LogP contribution in [0.4, 0.5) is 0 Å². The van der Waals surface area contributed by atoms with Crippen molar-refractivity contribution in [2.75, 3.05) is 0 Å². The summed E-state index contributed by atoms with van der Waals surface area (Å²) in [4.78, 5) is 4.42. The van der Waals surface area contributed by atoms with E-state index < -0.39 is 0 Å². The Morgan fingerprint density at radius 2 is 2.00 bits per heavy atom. The molecule has 68 valence electrons. The van der Waals surface area contributed by atoms with Crippen molar-refractivity contribution in [1.29, 1.82) is 0 Å². The summed E-state index contributed by atoms with van der Waals surface area (Å²) in [5.41, 5.74) is 0.793. The monoisotopic (exact) mass is 227 g/mol. The van der Waals surface area contributed by atoms with Gasteiger partial charge in [0.1, 0.15) is 0 Å². The first kappa shape index (κ1) is 12.0. The molecule has 1 aromatic carbocycles. The van der Waals surface area contributed by atoms with Gasteiger partial charge in [0.25, 0.3) is 0 Å². The molecular formula is C7H8Cl3NO. The van der Waals surface area contributed by atoms with Gasteiger partial charge in [-0.3, -0.25) is 4.84 Å². The molecule has 0 radical (unpaired) electrons. The van der Waals surface area contributed by atoms with Crippen molar-refractivity contribution >= 4 is 35.6 Å². The maximum Gasteiger partial charge on any atom is 0.0944 e. The molecule has 0 atom stereocenters. The van der Waals surface area contributed by atoms with Crippen molar-refractivity contribution < 1.29 is 4.84 Å². The van der Waals surface area contributed by atoms with Gasteiger partial charge < -0.3 is 0 Å². The van der Waals surface area contributed by atoms with Crippen LogP contribution >= 0.6 is 35.6 Å². The SMILES string of the molecule is Cl.NOCc1cc(Cl)ccc1Cl. The molecule has 0 amide bonds. The summed E-state index contributed by atoms with van der Waals surface area (Å²) in [6, 6.07) is 5.14. The molecule has 12 heavy (non-hydrogen) atoms. The Labute approximate surface area is 87.0 Å². The van der Waals surface area contributed by atoms with Gasteiger partial charge in [0.15, 0.2) is 0 Å². The van der Waals surface area contributed by atoms with E-state index in [-0.39, 0.29) is 19.0 Å². The van der Waals surface area contributed by atoms with E-state index >= 15 is 0 Å². The van der Waals surface area contributed by atoms with E-state index in [0.29, 0.717) is 10.0 Å². The Morgan fingerprint density at radius 3 is 2.58 bits per heavy atom. The van der Waals surface area contributed by atoms with Crippen LogP contribution in [0.15, 0.2) is 18.2 Å². The zero-order chi connectivity index (χ0) is 8.27. The molecule has 0 unspecified atom stereocenters. The van der Waals surface area contributed by atoms with Crippen molar-refractivity contribution in [2.45, 2.75) is 6.61 Å². The fourth-order valence-electron chi connectivity index (χ4n) is 0.744.